The van der Waals surface area contributed by atoms with Crippen molar-refractivity contribution in [3.8, 4) is 0 Å². The Bertz CT molecular complexity index is 947. The molecule has 0 bridgehead atoms. The minimum Gasteiger partial charge on any atom is -0.345 e. The van der Waals surface area contributed by atoms with E-state index in [1.165, 1.54) is 30.3 Å². The molecule has 4 nitrogen and oxygen atoms in total. The molecule has 0 saturated carbocycles. The van der Waals surface area contributed by atoms with Crippen LogP contribution in [0, 0.1) is 5.82 Å². The van der Waals surface area contributed by atoms with Crippen molar-refractivity contribution in [1.29, 1.82) is 0 Å². The van der Waals surface area contributed by atoms with Crippen molar-refractivity contribution in [2.24, 2.45) is 0 Å². The molecule has 0 fully saturated rings. The van der Waals surface area contributed by atoms with E-state index in [-0.39, 0.29) is 27.3 Å². The summed E-state index contributed by atoms with van der Waals surface area (Å²) in [5, 5.41) is 2.93. The van der Waals surface area contributed by atoms with E-state index in [4.69, 9.17) is 11.6 Å². The number of thioether (sulfide) groups is 1. The quantitative estimate of drug-likeness (QED) is 0.851. The summed E-state index contributed by atoms with van der Waals surface area (Å²) in [7, 11) is -3.54. The molecule has 0 radical (unpaired) electrons. The van der Waals surface area contributed by atoms with Crippen molar-refractivity contribution in [3.63, 3.8) is 0 Å². The third-order valence-electron chi connectivity index (χ3n) is 3.91. The van der Waals surface area contributed by atoms with Crippen LogP contribution in [0.3, 0.4) is 0 Å². The summed E-state index contributed by atoms with van der Waals surface area (Å²) < 4.78 is 37.1. The Morgan fingerprint density at radius 3 is 2.76 bits per heavy atom. The number of nitrogens with one attached hydrogen (secondary N) is 1. The van der Waals surface area contributed by atoms with Gasteiger partial charge in [-0.2, -0.15) is 0 Å². The van der Waals surface area contributed by atoms with Gasteiger partial charge in [-0.3, -0.25) is 4.79 Å². The van der Waals surface area contributed by atoms with Crippen LogP contribution in [0.15, 0.2) is 46.2 Å². The number of hydrogen-bond acceptors (Lipinski definition) is 4. The predicted octanol–water partition coefficient (Wildman–Crippen LogP) is 3.85. The van der Waals surface area contributed by atoms with Gasteiger partial charge in [0, 0.05) is 22.5 Å². The SMILES string of the molecule is CS(=O)(=O)c1cc(C(=O)N[C@H]2CCSc3ccc(F)cc32)ccc1Cl. The van der Waals surface area contributed by atoms with Gasteiger partial charge in [0.2, 0.25) is 0 Å². The highest BCUT2D eigenvalue weighted by molar-refractivity contribution is 7.99. The van der Waals surface area contributed by atoms with Crippen LogP contribution >= 0.6 is 23.4 Å². The molecule has 1 N–H and O–H groups in total. The Kier molecular flexibility index (Phi) is 5.09. The second kappa shape index (κ2) is 6.97. The van der Waals surface area contributed by atoms with Gasteiger partial charge in [-0.15, -0.1) is 11.8 Å². The lowest BCUT2D eigenvalue weighted by Crippen LogP contribution is -2.30. The van der Waals surface area contributed by atoms with Crippen molar-refractivity contribution >= 4 is 39.1 Å². The first-order valence-corrected chi connectivity index (χ1v) is 10.7. The standard InChI is InChI=1S/C17H15ClFNO3S2/c1-25(22,23)16-8-10(2-4-13(16)18)17(21)20-14-6-7-24-15-5-3-11(19)9-12(14)15/h2-5,8-9,14H,6-7H2,1H3,(H,20,21)/t14-/m0/s1. The van der Waals surface area contributed by atoms with E-state index in [9.17, 15) is 17.6 Å². The molecule has 1 heterocycles. The van der Waals surface area contributed by atoms with Gasteiger partial charge in [0.15, 0.2) is 9.84 Å². The van der Waals surface area contributed by atoms with Crippen LogP contribution in [-0.4, -0.2) is 26.3 Å². The number of carbonyl (C=O) groups excluding carboxylic acids is 1. The lowest BCUT2D eigenvalue weighted by Gasteiger charge is -2.26. The van der Waals surface area contributed by atoms with Crippen molar-refractivity contribution in [2.45, 2.75) is 22.3 Å². The van der Waals surface area contributed by atoms with Gasteiger partial charge in [0.05, 0.1) is 16.0 Å². The molecule has 132 valence electrons. The molecule has 1 aliphatic rings. The number of amides is 1. The van der Waals surface area contributed by atoms with E-state index >= 15 is 0 Å². The summed E-state index contributed by atoms with van der Waals surface area (Å²) in [5.41, 5.74) is 0.933. The van der Waals surface area contributed by atoms with Crippen LogP contribution in [0.5, 0.6) is 0 Å². The van der Waals surface area contributed by atoms with Gasteiger partial charge in [-0.05, 0) is 48.4 Å². The first kappa shape index (κ1) is 18.2. The number of fused-ring (bicyclic) bond motifs is 1. The van der Waals surface area contributed by atoms with Crippen LogP contribution in [-0.2, 0) is 9.84 Å². The van der Waals surface area contributed by atoms with Gasteiger partial charge in [-0.25, -0.2) is 12.8 Å². The Hall–Kier alpha value is -1.57. The van der Waals surface area contributed by atoms with Crippen LogP contribution in [0.2, 0.25) is 5.02 Å². The van der Waals surface area contributed by atoms with Crippen LogP contribution in [0.1, 0.15) is 28.4 Å². The van der Waals surface area contributed by atoms with E-state index in [0.717, 1.165) is 22.5 Å². The molecule has 3 rings (SSSR count). The van der Waals surface area contributed by atoms with Gasteiger partial charge >= 0.3 is 0 Å². The monoisotopic (exact) mass is 399 g/mol. The van der Waals surface area contributed by atoms with Gasteiger partial charge in [0.25, 0.3) is 5.91 Å². The Balaban J connectivity index is 1.88. The summed E-state index contributed by atoms with van der Waals surface area (Å²) >= 11 is 7.52. The normalized spacial score (nSPS) is 17.0. The summed E-state index contributed by atoms with van der Waals surface area (Å²) in [4.78, 5) is 13.4. The summed E-state index contributed by atoms with van der Waals surface area (Å²) in [6.45, 7) is 0. The van der Waals surface area contributed by atoms with Crippen LogP contribution in [0.25, 0.3) is 0 Å². The van der Waals surface area contributed by atoms with Crippen molar-refractivity contribution in [1.82, 2.24) is 5.32 Å². The third kappa shape index (κ3) is 3.99. The fraction of sp³-hybridized carbons (Fsp3) is 0.235. The highest BCUT2D eigenvalue weighted by Gasteiger charge is 2.24. The van der Waals surface area contributed by atoms with Gasteiger partial charge in [0.1, 0.15) is 5.82 Å². The maximum absolute atomic E-state index is 13.6. The first-order chi connectivity index (χ1) is 11.8. The average molecular weight is 400 g/mol. The molecule has 0 aromatic heterocycles. The lowest BCUT2D eigenvalue weighted by molar-refractivity contribution is 0.0934. The molecule has 0 spiro atoms. The van der Waals surface area contributed by atoms with Crippen molar-refractivity contribution in [2.75, 3.05) is 12.0 Å². The molecule has 1 atom stereocenters. The summed E-state index contributed by atoms with van der Waals surface area (Å²) in [5.74, 6) is 0.0266. The molecular weight excluding hydrogens is 385 g/mol. The minimum absolute atomic E-state index is 0.0699. The maximum Gasteiger partial charge on any atom is 0.251 e. The maximum atomic E-state index is 13.6. The lowest BCUT2D eigenvalue weighted by atomic mass is 10.0. The zero-order valence-electron chi connectivity index (χ0n) is 13.3. The summed E-state index contributed by atoms with van der Waals surface area (Å²) in [6.07, 6.45) is 1.70. The summed E-state index contributed by atoms with van der Waals surface area (Å²) in [6, 6.07) is 8.32. The molecule has 0 unspecified atom stereocenters. The minimum atomic E-state index is -3.54. The number of benzene rings is 2. The Morgan fingerprint density at radius 2 is 2.04 bits per heavy atom. The largest absolute Gasteiger partial charge is 0.345 e. The second-order valence-electron chi connectivity index (χ2n) is 5.76. The molecule has 0 aliphatic carbocycles. The van der Waals surface area contributed by atoms with Gasteiger partial charge in [-0.1, -0.05) is 11.6 Å². The number of carbonyl (C=O) groups is 1. The predicted molar refractivity (Wildman–Crippen MR) is 96.5 cm³/mol. The molecular formula is C17H15ClFNO3S2. The van der Waals surface area contributed by atoms with E-state index in [2.05, 4.69) is 5.32 Å². The van der Waals surface area contributed by atoms with Crippen LogP contribution < -0.4 is 5.32 Å². The third-order valence-corrected chi connectivity index (χ3v) is 6.61. The topological polar surface area (TPSA) is 63.2 Å². The molecule has 2 aromatic rings. The van der Waals surface area contributed by atoms with Crippen LogP contribution in [0.4, 0.5) is 4.39 Å². The van der Waals surface area contributed by atoms with Crippen molar-refractivity contribution in [3.05, 3.63) is 58.4 Å². The molecule has 25 heavy (non-hydrogen) atoms. The Labute approximate surface area is 154 Å². The molecule has 1 aliphatic heterocycles. The Morgan fingerprint density at radius 1 is 1.28 bits per heavy atom. The second-order valence-corrected chi connectivity index (χ2v) is 9.29. The van der Waals surface area contributed by atoms with Crippen molar-refractivity contribution < 1.29 is 17.6 Å². The van der Waals surface area contributed by atoms with Gasteiger partial charge < -0.3 is 5.32 Å². The van der Waals surface area contributed by atoms with E-state index < -0.39 is 15.7 Å². The van der Waals surface area contributed by atoms with E-state index in [1.54, 1.807) is 17.8 Å². The van der Waals surface area contributed by atoms with E-state index in [1.807, 2.05) is 0 Å². The zero-order chi connectivity index (χ0) is 18.2. The average Bonchev–Trinajstić information content (AvgIpc) is 2.54. The molecule has 1 amide bonds. The molecule has 2 aromatic carbocycles. The number of sulfone groups is 1. The molecule has 8 heteroatoms. The highest BCUT2D eigenvalue weighted by atomic mass is 35.5. The zero-order valence-corrected chi connectivity index (χ0v) is 15.6. The highest BCUT2D eigenvalue weighted by Crippen LogP contribution is 2.36. The van der Waals surface area contributed by atoms with E-state index in [0.29, 0.717) is 6.42 Å². The number of rotatable bonds is 3. The first-order valence-electron chi connectivity index (χ1n) is 7.48. The smallest absolute Gasteiger partial charge is 0.251 e. The fourth-order valence-electron chi connectivity index (χ4n) is 2.69. The number of halogens is 2. The fourth-order valence-corrected chi connectivity index (χ4v) is 5.09. The molecule has 0 saturated heterocycles. The number of hydrogen-bond donors (Lipinski definition) is 1.